The van der Waals surface area contributed by atoms with Crippen molar-refractivity contribution < 1.29 is 0 Å². The van der Waals surface area contributed by atoms with Gasteiger partial charge in [0.2, 0.25) is 0 Å². The molecule has 1 aliphatic carbocycles. The van der Waals surface area contributed by atoms with Gasteiger partial charge in [0.15, 0.2) is 0 Å². The lowest BCUT2D eigenvalue weighted by Gasteiger charge is -2.35. The normalized spacial score (nSPS) is 13.5. The van der Waals surface area contributed by atoms with E-state index in [1.54, 1.807) is 0 Å². The third-order valence-corrected chi connectivity index (χ3v) is 8.53. The molecule has 2 heteroatoms. The number of para-hydroxylation sites is 2. The Morgan fingerprint density at radius 3 is 1.74 bits per heavy atom. The van der Waals surface area contributed by atoms with Crippen molar-refractivity contribution in [3.05, 3.63) is 173 Å². The molecule has 6 aromatic carbocycles. The Morgan fingerprint density at radius 2 is 1.05 bits per heavy atom. The molecule has 0 bridgehead atoms. The van der Waals surface area contributed by atoms with Crippen LogP contribution in [0.5, 0.6) is 0 Å². The molecule has 0 N–H and O–H groups in total. The molecule has 0 amide bonds. The molecular formula is C37H24ClN. The minimum atomic E-state index is -0.543. The van der Waals surface area contributed by atoms with Gasteiger partial charge in [0.1, 0.15) is 0 Å². The maximum Gasteiger partial charge on any atom is 0.0734 e. The van der Waals surface area contributed by atoms with Crippen molar-refractivity contribution in [3.8, 4) is 16.8 Å². The molecule has 7 aromatic rings. The van der Waals surface area contributed by atoms with Crippen molar-refractivity contribution >= 4 is 33.4 Å². The minimum Gasteiger partial charge on any atom is -0.309 e. The maximum atomic E-state index is 7.05. The van der Waals surface area contributed by atoms with E-state index in [1.807, 2.05) is 0 Å². The third kappa shape index (κ3) is 3.02. The molecule has 39 heavy (non-hydrogen) atoms. The van der Waals surface area contributed by atoms with Crippen LogP contribution in [0.4, 0.5) is 0 Å². The number of hydrogen-bond acceptors (Lipinski definition) is 0. The fourth-order valence-corrected chi connectivity index (χ4v) is 7.09. The lowest BCUT2D eigenvalue weighted by Crippen LogP contribution is -2.29. The van der Waals surface area contributed by atoms with E-state index in [9.17, 15) is 0 Å². The first-order chi connectivity index (χ1) is 19.3. The molecule has 0 unspecified atom stereocenters. The summed E-state index contributed by atoms with van der Waals surface area (Å²) in [6.07, 6.45) is 0. The molecule has 0 radical (unpaired) electrons. The molecule has 0 spiro atoms. The molecule has 0 fully saturated rings. The fourth-order valence-electron chi connectivity index (χ4n) is 6.87. The number of hydrogen-bond donors (Lipinski definition) is 0. The summed E-state index contributed by atoms with van der Waals surface area (Å²) in [5.74, 6) is 0. The van der Waals surface area contributed by atoms with Crippen molar-refractivity contribution in [2.75, 3.05) is 0 Å². The summed E-state index contributed by atoms with van der Waals surface area (Å²) in [6.45, 7) is 0. The van der Waals surface area contributed by atoms with Gasteiger partial charge in [-0.25, -0.2) is 0 Å². The van der Waals surface area contributed by atoms with E-state index in [0.717, 1.165) is 16.1 Å². The Kier molecular flexibility index (Phi) is 4.86. The molecule has 0 saturated carbocycles. The van der Waals surface area contributed by atoms with Crippen LogP contribution in [0, 0.1) is 0 Å². The number of rotatable bonds is 3. The van der Waals surface area contributed by atoms with Crippen LogP contribution in [0.1, 0.15) is 22.3 Å². The van der Waals surface area contributed by atoms with Gasteiger partial charge in [0.05, 0.1) is 16.4 Å². The lowest BCUT2D eigenvalue weighted by atomic mass is 9.67. The van der Waals surface area contributed by atoms with E-state index in [4.69, 9.17) is 11.6 Å². The molecule has 1 aromatic heterocycles. The monoisotopic (exact) mass is 517 g/mol. The molecule has 184 valence electrons. The van der Waals surface area contributed by atoms with E-state index in [0.29, 0.717) is 0 Å². The summed E-state index contributed by atoms with van der Waals surface area (Å²) < 4.78 is 2.42. The predicted molar refractivity (Wildman–Crippen MR) is 163 cm³/mol. The van der Waals surface area contributed by atoms with Gasteiger partial charge in [-0.2, -0.15) is 0 Å². The molecule has 8 rings (SSSR count). The van der Waals surface area contributed by atoms with Crippen LogP contribution in [0.2, 0.25) is 5.02 Å². The predicted octanol–water partition coefficient (Wildman–Crippen LogP) is 9.80. The number of nitrogens with zero attached hydrogens (tertiary/aromatic N) is 1. The number of halogens is 1. The van der Waals surface area contributed by atoms with Gasteiger partial charge in [-0.3, -0.25) is 0 Å². The second-order valence-electron chi connectivity index (χ2n) is 10.2. The largest absolute Gasteiger partial charge is 0.309 e. The van der Waals surface area contributed by atoms with Crippen LogP contribution in [-0.2, 0) is 5.41 Å². The van der Waals surface area contributed by atoms with E-state index < -0.39 is 5.41 Å². The molecule has 0 aliphatic heterocycles. The van der Waals surface area contributed by atoms with Gasteiger partial charge in [-0.1, -0.05) is 127 Å². The van der Waals surface area contributed by atoms with E-state index in [-0.39, 0.29) is 0 Å². The topological polar surface area (TPSA) is 4.93 Å². The van der Waals surface area contributed by atoms with Gasteiger partial charge in [0, 0.05) is 21.5 Å². The average Bonchev–Trinajstić information content (AvgIpc) is 3.49. The second kappa shape index (κ2) is 8.46. The Bertz CT molecular complexity index is 1970. The summed E-state index contributed by atoms with van der Waals surface area (Å²) in [6, 6.07) is 52.3. The SMILES string of the molecule is Clc1cc(C2(c3ccccc3)c3ccccc3-c3ccccc32)c2c(c1)c1ccccc1n2-c1ccccc1. The van der Waals surface area contributed by atoms with Gasteiger partial charge >= 0.3 is 0 Å². The van der Waals surface area contributed by atoms with Crippen LogP contribution in [-0.4, -0.2) is 4.57 Å². The van der Waals surface area contributed by atoms with Crippen LogP contribution in [0.25, 0.3) is 38.6 Å². The molecular weight excluding hydrogens is 494 g/mol. The van der Waals surface area contributed by atoms with Crippen molar-refractivity contribution in [1.82, 2.24) is 4.57 Å². The first-order valence-electron chi connectivity index (χ1n) is 13.3. The Hall–Kier alpha value is -4.59. The van der Waals surface area contributed by atoms with Crippen molar-refractivity contribution in [1.29, 1.82) is 0 Å². The highest BCUT2D eigenvalue weighted by Gasteiger charge is 2.47. The van der Waals surface area contributed by atoms with Crippen LogP contribution >= 0.6 is 11.6 Å². The quantitative estimate of drug-likeness (QED) is 0.220. The molecule has 1 heterocycles. The fraction of sp³-hybridized carbons (Fsp3) is 0.0270. The first-order valence-corrected chi connectivity index (χ1v) is 13.7. The lowest BCUT2D eigenvalue weighted by molar-refractivity contribution is 0.772. The molecule has 1 aliphatic rings. The van der Waals surface area contributed by atoms with Crippen LogP contribution < -0.4 is 0 Å². The second-order valence-corrected chi connectivity index (χ2v) is 10.7. The Morgan fingerprint density at radius 1 is 0.487 bits per heavy atom. The Labute approximate surface area is 232 Å². The number of fused-ring (bicyclic) bond motifs is 6. The zero-order valence-corrected chi connectivity index (χ0v) is 21.9. The van der Waals surface area contributed by atoms with E-state index in [1.165, 1.54) is 49.8 Å². The van der Waals surface area contributed by atoms with Crippen molar-refractivity contribution in [2.45, 2.75) is 5.41 Å². The highest BCUT2D eigenvalue weighted by atomic mass is 35.5. The van der Waals surface area contributed by atoms with E-state index >= 15 is 0 Å². The number of aromatic nitrogens is 1. The minimum absolute atomic E-state index is 0.543. The van der Waals surface area contributed by atoms with Gasteiger partial charge < -0.3 is 4.57 Å². The van der Waals surface area contributed by atoms with Gasteiger partial charge in [0.25, 0.3) is 0 Å². The summed E-state index contributed by atoms with van der Waals surface area (Å²) >= 11 is 7.05. The summed E-state index contributed by atoms with van der Waals surface area (Å²) in [7, 11) is 0. The zero-order valence-electron chi connectivity index (χ0n) is 21.2. The van der Waals surface area contributed by atoms with Crippen molar-refractivity contribution in [3.63, 3.8) is 0 Å². The summed E-state index contributed by atoms with van der Waals surface area (Å²) in [5.41, 5.74) is 10.5. The highest BCUT2D eigenvalue weighted by molar-refractivity contribution is 6.32. The van der Waals surface area contributed by atoms with Gasteiger partial charge in [-0.15, -0.1) is 0 Å². The third-order valence-electron chi connectivity index (χ3n) is 8.31. The zero-order chi connectivity index (χ0) is 26.0. The van der Waals surface area contributed by atoms with Crippen LogP contribution in [0.3, 0.4) is 0 Å². The molecule has 0 atom stereocenters. The highest BCUT2D eigenvalue weighted by Crippen LogP contribution is 2.58. The first kappa shape index (κ1) is 22.4. The average molecular weight is 518 g/mol. The molecule has 1 nitrogen and oxygen atoms in total. The smallest absolute Gasteiger partial charge is 0.0734 e. The van der Waals surface area contributed by atoms with Gasteiger partial charge in [-0.05, 0) is 63.7 Å². The maximum absolute atomic E-state index is 7.05. The van der Waals surface area contributed by atoms with Crippen LogP contribution in [0.15, 0.2) is 146 Å². The molecule has 0 saturated heterocycles. The number of benzene rings is 6. The summed E-state index contributed by atoms with van der Waals surface area (Å²) in [5, 5.41) is 3.10. The Balaban J connectivity index is 1.65. The van der Waals surface area contributed by atoms with Crippen molar-refractivity contribution in [2.24, 2.45) is 0 Å². The standard InChI is InChI=1S/C37H24ClN/c38-26-23-31-30-19-9-12-22-35(30)39(27-15-5-2-6-16-27)36(31)34(24-26)37(25-13-3-1-4-14-25)32-20-10-7-17-28(32)29-18-8-11-21-33(29)37/h1-24H. The van der Waals surface area contributed by atoms with E-state index in [2.05, 4.69) is 150 Å². The summed E-state index contributed by atoms with van der Waals surface area (Å²) in [4.78, 5) is 0.